The molecule has 3 rings (SSSR count). The van der Waals surface area contributed by atoms with E-state index in [1.54, 1.807) is 11.8 Å². The lowest BCUT2D eigenvalue weighted by Gasteiger charge is -2.31. The van der Waals surface area contributed by atoms with Crippen molar-refractivity contribution in [3.05, 3.63) is 16.8 Å². The van der Waals surface area contributed by atoms with Gasteiger partial charge >= 0.3 is 0 Å². The van der Waals surface area contributed by atoms with Crippen molar-refractivity contribution >= 4 is 41.8 Å². The van der Waals surface area contributed by atoms with Gasteiger partial charge < -0.3 is 15.0 Å². The van der Waals surface area contributed by atoms with Crippen LogP contribution in [-0.4, -0.2) is 58.9 Å². The lowest BCUT2D eigenvalue weighted by molar-refractivity contribution is -0.132. The summed E-state index contributed by atoms with van der Waals surface area (Å²) in [6, 6.07) is 0.352. The third-order valence-electron chi connectivity index (χ3n) is 5.55. The zero-order chi connectivity index (χ0) is 18.8. The first kappa shape index (κ1) is 24.5. The highest BCUT2D eigenvalue weighted by Crippen LogP contribution is 2.30. The van der Waals surface area contributed by atoms with E-state index in [9.17, 15) is 4.79 Å². The zero-order valence-corrected chi connectivity index (χ0v) is 18.9. The van der Waals surface area contributed by atoms with Crippen LogP contribution in [0.25, 0.3) is 11.0 Å². The van der Waals surface area contributed by atoms with Crippen LogP contribution >= 0.6 is 24.8 Å². The van der Waals surface area contributed by atoms with E-state index in [-0.39, 0.29) is 30.7 Å². The maximum atomic E-state index is 12.7. The Labute approximate surface area is 179 Å². The van der Waals surface area contributed by atoms with Crippen molar-refractivity contribution in [2.24, 2.45) is 7.05 Å². The molecule has 7 nitrogen and oxygen atoms in total. The van der Waals surface area contributed by atoms with Crippen LogP contribution in [0.3, 0.4) is 0 Å². The minimum absolute atomic E-state index is 0. The van der Waals surface area contributed by atoms with E-state index in [1.807, 2.05) is 25.9 Å². The number of fused-ring (bicyclic) bond motifs is 1. The number of halogens is 2. The molecule has 0 spiro atoms. The van der Waals surface area contributed by atoms with Gasteiger partial charge in [0.2, 0.25) is 11.8 Å². The number of nitrogens with one attached hydrogen (secondary N) is 1. The molecule has 158 valence electrons. The molecule has 0 atom stereocenters. The average molecular weight is 432 g/mol. The molecule has 0 unspecified atom stereocenters. The predicted molar refractivity (Wildman–Crippen MR) is 116 cm³/mol. The molecule has 0 saturated carbocycles. The van der Waals surface area contributed by atoms with Gasteiger partial charge in [-0.2, -0.15) is 0 Å². The molecule has 1 N–H and O–H groups in total. The van der Waals surface area contributed by atoms with Crippen LogP contribution in [0.1, 0.15) is 36.1 Å². The summed E-state index contributed by atoms with van der Waals surface area (Å²) >= 11 is 0. The number of aromatic nitrogens is 3. The fraction of sp³-hybridized carbons (Fsp3) is 0.632. The summed E-state index contributed by atoms with van der Waals surface area (Å²) in [6.07, 6.45) is 3.24. The molecule has 9 heteroatoms. The fourth-order valence-electron chi connectivity index (χ4n) is 3.91. The van der Waals surface area contributed by atoms with Crippen LogP contribution in [0, 0.1) is 13.8 Å². The Balaban J connectivity index is 0.00000196. The molecule has 0 bridgehead atoms. The molecule has 1 aliphatic heterocycles. The average Bonchev–Trinajstić information content (AvgIpc) is 2.97. The first-order chi connectivity index (χ1) is 12.4. The molecule has 1 fully saturated rings. The molecular formula is C19H31Cl2N5O2. The molecule has 28 heavy (non-hydrogen) atoms. The Bertz CT molecular complexity index is 818. The van der Waals surface area contributed by atoms with E-state index in [0.717, 1.165) is 53.8 Å². The van der Waals surface area contributed by atoms with Crippen LogP contribution < -0.4 is 10.1 Å². The summed E-state index contributed by atoms with van der Waals surface area (Å²) in [5, 5.41) is 8.67. The van der Waals surface area contributed by atoms with Gasteiger partial charge in [-0.25, -0.2) is 9.67 Å². The second-order valence-corrected chi connectivity index (χ2v) is 7.12. The Kier molecular flexibility index (Phi) is 8.98. The van der Waals surface area contributed by atoms with Crippen LogP contribution in [0.5, 0.6) is 5.88 Å². The first-order valence-electron chi connectivity index (χ1n) is 9.27. The third-order valence-corrected chi connectivity index (χ3v) is 5.55. The van der Waals surface area contributed by atoms with Gasteiger partial charge in [0, 0.05) is 32.3 Å². The van der Waals surface area contributed by atoms with Gasteiger partial charge in [-0.05, 0) is 57.3 Å². The van der Waals surface area contributed by atoms with Crippen molar-refractivity contribution in [2.75, 3.05) is 27.2 Å². The second-order valence-electron chi connectivity index (χ2n) is 7.12. The number of amides is 1. The summed E-state index contributed by atoms with van der Waals surface area (Å²) in [4.78, 5) is 19.3. The van der Waals surface area contributed by atoms with Crippen molar-refractivity contribution in [1.29, 1.82) is 0 Å². The molecule has 3 heterocycles. The highest BCUT2D eigenvalue weighted by atomic mass is 35.5. The largest absolute Gasteiger partial charge is 0.479 e. The number of nitrogens with zero attached hydrogens (tertiary/aromatic N) is 4. The summed E-state index contributed by atoms with van der Waals surface area (Å²) in [5.74, 6) is 0.792. The molecule has 2 aromatic rings. The molecule has 1 amide bonds. The van der Waals surface area contributed by atoms with E-state index in [4.69, 9.17) is 9.72 Å². The maximum absolute atomic E-state index is 12.7. The first-order valence-corrected chi connectivity index (χ1v) is 9.27. The van der Waals surface area contributed by atoms with Crippen LogP contribution in [0.2, 0.25) is 0 Å². The Morgan fingerprint density at radius 3 is 2.54 bits per heavy atom. The Hall–Kier alpha value is -1.57. The monoisotopic (exact) mass is 431 g/mol. The van der Waals surface area contributed by atoms with Gasteiger partial charge in [0.15, 0.2) is 5.65 Å². The Morgan fingerprint density at radius 1 is 1.29 bits per heavy atom. The van der Waals surface area contributed by atoms with Crippen molar-refractivity contribution in [3.8, 4) is 5.88 Å². The van der Waals surface area contributed by atoms with Gasteiger partial charge in [-0.3, -0.25) is 4.79 Å². The molecule has 0 aliphatic carbocycles. The van der Waals surface area contributed by atoms with E-state index < -0.39 is 0 Å². The number of rotatable bonds is 5. The number of carbonyl (C=O) groups excluding carboxylic acids is 1. The van der Waals surface area contributed by atoms with E-state index in [2.05, 4.69) is 17.3 Å². The molecule has 2 aromatic heterocycles. The number of hydrogen-bond donors (Lipinski definition) is 1. The van der Waals surface area contributed by atoms with Crippen molar-refractivity contribution in [3.63, 3.8) is 0 Å². The maximum Gasteiger partial charge on any atom is 0.242 e. The number of ether oxygens (including phenoxy) is 1. The lowest BCUT2D eigenvalue weighted by Crippen LogP contribution is -2.44. The Morgan fingerprint density at radius 2 is 1.93 bits per heavy atom. The van der Waals surface area contributed by atoms with Gasteiger partial charge in [0.05, 0.1) is 12.5 Å². The summed E-state index contributed by atoms with van der Waals surface area (Å²) in [5.41, 5.74) is 4.00. The van der Waals surface area contributed by atoms with Crippen LogP contribution in [0.15, 0.2) is 0 Å². The topological polar surface area (TPSA) is 72.3 Å². The smallest absolute Gasteiger partial charge is 0.242 e. The fourth-order valence-corrected chi connectivity index (χ4v) is 3.91. The SMILES string of the molecule is COc1nn(C)c2nc(C)c(CCC(=O)N(C)C3CCNCC3)c(C)c12.Cl.Cl. The summed E-state index contributed by atoms with van der Waals surface area (Å²) < 4.78 is 7.16. The normalized spacial score (nSPS) is 14.3. The van der Waals surface area contributed by atoms with Crippen LogP contribution in [-0.2, 0) is 18.3 Å². The van der Waals surface area contributed by atoms with E-state index in [1.165, 1.54) is 0 Å². The number of pyridine rings is 1. The molecular weight excluding hydrogens is 401 g/mol. The minimum Gasteiger partial charge on any atom is -0.479 e. The highest BCUT2D eigenvalue weighted by Gasteiger charge is 2.23. The zero-order valence-electron chi connectivity index (χ0n) is 17.2. The predicted octanol–water partition coefficient (Wildman–Crippen LogP) is 2.58. The van der Waals surface area contributed by atoms with Gasteiger partial charge in [0.25, 0.3) is 0 Å². The molecule has 0 radical (unpaired) electrons. The van der Waals surface area contributed by atoms with E-state index >= 15 is 0 Å². The van der Waals surface area contributed by atoms with Crippen molar-refractivity contribution < 1.29 is 9.53 Å². The van der Waals surface area contributed by atoms with Crippen molar-refractivity contribution in [1.82, 2.24) is 25.0 Å². The number of aryl methyl sites for hydroxylation is 3. The number of carbonyl (C=O) groups is 1. The second kappa shape index (κ2) is 10.3. The minimum atomic E-state index is 0. The van der Waals surface area contributed by atoms with Crippen LogP contribution in [0.4, 0.5) is 0 Å². The standard InChI is InChI=1S/C19H29N5O2.2ClH/c1-12-15(6-7-16(25)23(3)14-8-10-20-11-9-14)13(2)21-18-17(12)19(26-5)22-24(18)4;;/h14,20H,6-11H2,1-5H3;2*1H. The number of piperidine rings is 1. The number of methoxy groups -OCH3 is 1. The van der Waals surface area contributed by atoms with E-state index in [0.29, 0.717) is 24.8 Å². The summed E-state index contributed by atoms with van der Waals surface area (Å²) in [6.45, 7) is 6.05. The lowest BCUT2D eigenvalue weighted by atomic mass is 9.99. The van der Waals surface area contributed by atoms with Gasteiger partial charge in [-0.1, -0.05) is 0 Å². The molecule has 1 saturated heterocycles. The highest BCUT2D eigenvalue weighted by molar-refractivity contribution is 5.86. The summed E-state index contributed by atoms with van der Waals surface area (Å²) in [7, 11) is 5.43. The number of hydrogen-bond acceptors (Lipinski definition) is 5. The van der Waals surface area contributed by atoms with Gasteiger partial charge in [0.1, 0.15) is 0 Å². The third kappa shape index (κ3) is 4.70. The van der Waals surface area contributed by atoms with Gasteiger partial charge in [-0.15, -0.1) is 29.9 Å². The quantitative estimate of drug-likeness (QED) is 0.787. The van der Waals surface area contributed by atoms with Crippen molar-refractivity contribution in [2.45, 2.75) is 45.6 Å². The molecule has 0 aromatic carbocycles. The molecule has 1 aliphatic rings.